The van der Waals surface area contributed by atoms with Gasteiger partial charge in [0.05, 0.1) is 11.5 Å². The Morgan fingerprint density at radius 1 is 1.32 bits per heavy atom. The smallest absolute Gasteiger partial charge is 0.233 e. The number of rotatable bonds is 2. The first kappa shape index (κ1) is 13.1. The Kier molecular flexibility index (Phi) is 3.39. The number of β-amino-alcohol motifs (C(OH)–C–C–N with tert-alkyl or cyclic N) is 1. The van der Waals surface area contributed by atoms with Gasteiger partial charge in [0, 0.05) is 17.6 Å². The van der Waals surface area contributed by atoms with Gasteiger partial charge in [-0.15, -0.1) is 0 Å². The number of amides is 1. The van der Waals surface area contributed by atoms with Crippen LogP contribution in [-0.2, 0) is 10.2 Å². The van der Waals surface area contributed by atoms with Gasteiger partial charge in [-0.1, -0.05) is 28.1 Å². The fourth-order valence-corrected chi connectivity index (χ4v) is 3.23. The minimum Gasteiger partial charge on any atom is -0.391 e. The van der Waals surface area contributed by atoms with E-state index < -0.39 is 0 Å². The molecule has 4 heteroatoms. The number of piperidine rings is 1. The van der Waals surface area contributed by atoms with E-state index in [1.165, 1.54) is 0 Å². The van der Waals surface area contributed by atoms with Crippen LogP contribution in [0.15, 0.2) is 28.7 Å². The van der Waals surface area contributed by atoms with Crippen molar-refractivity contribution in [3.63, 3.8) is 0 Å². The van der Waals surface area contributed by atoms with Gasteiger partial charge in [0.25, 0.3) is 0 Å². The molecule has 1 aromatic rings. The van der Waals surface area contributed by atoms with E-state index in [-0.39, 0.29) is 17.4 Å². The van der Waals surface area contributed by atoms with E-state index in [4.69, 9.17) is 0 Å². The highest BCUT2D eigenvalue weighted by Gasteiger charge is 2.53. The molecule has 0 aromatic heterocycles. The van der Waals surface area contributed by atoms with Gasteiger partial charge in [-0.25, -0.2) is 0 Å². The van der Waals surface area contributed by atoms with E-state index in [9.17, 15) is 9.90 Å². The average molecular weight is 324 g/mol. The topological polar surface area (TPSA) is 40.5 Å². The molecule has 102 valence electrons. The molecule has 2 aliphatic rings. The van der Waals surface area contributed by atoms with Gasteiger partial charge in [-0.3, -0.25) is 4.79 Å². The van der Waals surface area contributed by atoms with Gasteiger partial charge in [0.15, 0.2) is 0 Å². The molecule has 3 nitrogen and oxygen atoms in total. The van der Waals surface area contributed by atoms with Crippen LogP contribution in [0.5, 0.6) is 0 Å². The molecule has 1 aliphatic carbocycles. The first-order valence-electron chi connectivity index (χ1n) is 6.85. The molecule has 1 unspecified atom stereocenters. The summed E-state index contributed by atoms with van der Waals surface area (Å²) in [5.41, 5.74) is 0.804. The van der Waals surface area contributed by atoms with Gasteiger partial charge in [-0.2, -0.15) is 0 Å². The van der Waals surface area contributed by atoms with Crippen LogP contribution in [0.4, 0.5) is 0 Å². The highest BCUT2D eigenvalue weighted by molar-refractivity contribution is 9.10. The number of nitrogens with zero attached hydrogens (tertiary/aromatic N) is 1. The standard InChI is InChI=1S/C15H18BrNO2/c16-12-5-3-11(4-6-12)15(7-8-15)14(19)17-9-1-2-13(18)10-17/h3-6,13,18H,1-2,7-10H2. The van der Waals surface area contributed by atoms with Gasteiger partial charge in [0.2, 0.25) is 5.91 Å². The van der Waals surface area contributed by atoms with Crippen molar-refractivity contribution in [2.75, 3.05) is 13.1 Å². The summed E-state index contributed by atoms with van der Waals surface area (Å²) in [5, 5.41) is 9.72. The van der Waals surface area contributed by atoms with Crippen LogP contribution >= 0.6 is 15.9 Å². The molecule has 0 bridgehead atoms. The van der Waals surface area contributed by atoms with Crippen LogP contribution < -0.4 is 0 Å². The molecule has 0 radical (unpaired) electrons. The summed E-state index contributed by atoms with van der Waals surface area (Å²) in [5.74, 6) is 0.202. The Balaban J connectivity index is 1.80. The number of benzene rings is 1. The summed E-state index contributed by atoms with van der Waals surface area (Å²) in [4.78, 5) is 14.6. The monoisotopic (exact) mass is 323 g/mol. The highest BCUT2D eigenvalue weighted by Crippen LogP contribution is 2.50. The Hall–Kier alpha value is -0.870. The molecular formula is C15H18BrNO2. The molecule has 1 atom stereocenters. The van der Waals surface area contributed by atoms with E-state index in [0.29, 0.717) is 6.54 Å². The van der Waals surface area contributed by atoms with Crippen LogP contribution in [-0.4, -0.2) is 35.1 Å². The minimum absolute atomic E-state index is 0.202. The van der Waals surface area contributed by atoms with E-state index in [1.54, 1.807) is 0 Å². The summed E-state index contributed by atoms with van der Waals surface area (Å²) in [7, 11) is 0. The summed E-state index contributed by atoms with van der Waals surface area (Å²) in [6, 6.07) is 8.06. The molecule has 1 heterocycles. The Morgan fingerprint density at radius 3 is 2.58 bits per heavy atom. The molecule has 3 rings (SSSR count). The number of hydrogen-bond donors (Lipinski definition) is 1. The molecule has 19 heavy (non-hydrogen) atoms. The maximum atomic E-state index is 12.7. The quantitative estimate of drug-likeness (QED) is 0.908. The molecule has 1 saturated heterocycles. The molecule has 1 aliphatic heterocycles. The second-order valence-corrected chi connectivity index (χ2v) is 6.55. The summed E-state index contributed by atoms with van der Waals surface area (Å²) in [6.45, 7) is 1.28. The third-order valence-electron chi connectivity index (χ3n) is 4.24. The van der Waals surface area contributed by atoms with Crippen LogP contribution in [0.25, 0.3) is 0 Å². The molecule has 1 saturated carbocycles. The number of halogens is 1. The Morgan fingerprint density at radius 2 is 2.00 bits per heavy atom. The van der Waals surface area contributed by atoms with Crippen LogP contribution in [0.1, 0.15) is 31.2 Å². The van der Waals surface area contributed by atoms with E-state index in [0.717, 1.165) is 42.3 Å². The Labute approximate surface area is 121 Å². The molecule has 1 N–H and O–H groups in total. The lowest BCUT2D eigenvalue weighted by Gasteiger charge is -2.33. The number of carbonyl (C=O) groups excluding carboxylic acids is 1. The summed E-state index contributed by atoms with van der Waals surface area (Å²) < 4.78 is 1.04. The van der Waals surface area contributed by atoms with Gasteiger partial charge >= 0.3 is 0 Å². The van der Waals surface area contributed by atoms with Crippen molar-refractivity contribution in [3.8, 4) is 0 Å². The number of likely N-dealkylation sites (tertiary alicyclic amines) is 1. The van der Waals surface area contributed by atoms with Crippen LogP contribution in [0.3, 0.4) is 0 Å². The largest absolute Gasteiger partial charge is 0.391 e. The lowest BCUT2D eigenvalue weighted by Crippen LogP contribution is -2.46. The lowest BCUT2D eigenvalue weighted by molar-refractivity contribution is -0.137. The highest BCUT2D eigenvalue weighted by atomic mass is 79.9. The predicted molar refractivity (Wildman–Crippen MR) is 76.9 cm³/mol. The second-order valence-electron chi connectivity index (χ2n) is 5.64. The van der Waals surface area contributed by atoms with E-state index >= 15 is 0 Å². The van der Waals surface area contributed by atoms with Crippen molar-refractivity contribution in [2.45, 2.75) is 37.2 Å². The van der Waals surface area contributed by atoms with E-state index in [2.05, 4.69) is 15.9 Å². The zero-order valence-corrected chi connectivity index (χ0v) is 12.4. The lowest BCUT2D eigenvalue weighted by atomic mass is 9.93. The third-order valence-corrected chi connectivity index (χ3v) is 4.77. The molecular weight excluding hydrogens is 306 g/mol. The molecule has 0 spiro atoms. The first-order chi connectivity index (χ1) is 9.12. The van der Waals surface area contributed by atoms with Gasteiger partial charge < -0.3 is 10.0 Å². The maximum absolute atomic E-state index is 12.7. The fourth-order valence-electron chi connectivity index (χ4n) is 2.96. The Bertz CT molecular complexity index is 481. The first-order valence-corrected chi connectivity index (χ1v) is 7.65. The molecule has 1 aromatic carbocycles. The van der Waals surface area contributed by atoms with Gasteiger partial charge in [0.1, 0.15) is 0 Å². The minimum atomic E-state index is -0.349. The number of aliphatic hydroxyl groups is 1. The van der Waals surface area contributed by atoms with Crippen LogP contribution in [0, 0.1) is 0 Å². The second kappa shape index (κ2) is 4.91. The number of hydrogen-bond acceptors (Lipinski definition) is 2. The number of aliphatic hydroxyl groups excluding tert-OH is 1. The van der Waals surface area contributed by atoms with Crippen molar-refractivity contribution in [2.24, 2.45) is 0 Å². The van der Waals surface area contributed by atoms with Crippen molar-refractivity contribution in [1.29, 1.82) is 0 Å². The van der Waals surface area contributed by atoms with Crippen molar-refractivity contribution < 1.29 is 9.90 Å². The zero-order chi connectivity index (χ0) is 13.5. The van der Waals surface area contributed by atoms with Crippen LogP contribution in [0.2, 0.25) is 0 Å². The normalized spacial score (nSPS) is 25.2. The fraction of sp³-hybridized carbons (Fsp3) is 0.533. The SMILES string of the molecule is O=C(N1CCCC(O)C1)C1(c2ccc(Br)cc2)CC1. The predicted octanol–water partition coefficient (Wildman–Crippen LogP) is 2.46. The third kappa shape index (κ3) is 2.43. The van der Waals surface area contributed by atoms with Crippen molar-refractivity contribution in [3.05, 3.63) is 34.3 Å². The maximum Gasteiger partial charge on any atom is 0.233 e. The summed E-state index contributed by atoms with van der Waals surface area (Å²) >= 11 is 3.43. The molecule has 1 amide bonds. The van der Waals surface area contributed by atoms with E-state index in [1.807, 2.05) is 29.2 Å². The number of carbonyl (C=O) groups is 1. The molecule has 2 fully saturated rings. The van der Waals surface area contributed by atoms with Crippen molar-refractivity contribution >= 4 is 21.8 Å². The summed E-state index contributed by atoms with van der Waals surface area (Å²) in [6.07, 6.45) is 3.23. The average Bonchev–Trinajstić information content (AvgIpc) is 3.20. The van der Waals surface area contributed by atoms with Gasteiger partial charge in [-0.05, 0) is 43.4 Å². The zero-order valence-electron chi connectivity index (χ0n) is 10.8. The van der Waals surface area contributed by atoms with Crippen molar-refractivity contribution in [1.82, 2.24) is 4.90 Å².